The van der Waals surface area contributed by atoms with Gasteiger partial charge in [-0.2, -0.15) is 0 Å². The number of hydrogen-bond donors (Lipinski definition) is 0. The molecule has 0 aromatic rings. The maximum absolute atomic E-state index is 11.4. The molecule has 6 heteroatoms. The molecule has 0 N–H and O–H groups in total. The van der Waals surface area contributed by atoms with Crippen molar-refractivity contribution >= 4 is 14.8 Å². The number of esters is 1. The van der Waals surface area contributed by atoms with Crippen molar-refractivity contribution in [1.82, 2.24) is 0 Å². The minimum absolute atomic E-state index is 0.375. The van der Waals surface area contributed by atoms with E-state index in [1.165, 1.54) is 21.3 Å². The van der Waals surface area contributed by atoms with E-state index in [2.05, 4.69) is 20.4 Å². The summed E-state index contributed by atoms with van der Waals surface area (Å²) in [5, 5.41) is 0. The van der Waals surface area contributed by atoms with E-state index in [4.69, 9.17) is 18.0 Å². The van der Waals surface area contributed by atoms with Crippen molar-refractivity contribution in [3.05, 3.63) is 12.7 Å². The third-order valence-corrected chi connectivity index (χ3v) is 5.84. The van der Waals surface area contributed by atoms with Gasteiger partial charge in [0.05, 0.1) is 0 Å². The van der Waals surface area contributed by atoms with Crippen LogP contribution in [0.4, 0.5) is 0 Å². The van der Waals surface area contributed by atoms with Crippen molar-refractivity contribution in [2.24, 2.45) is 5.92 Å². The van der Waals surface area contributed by atoms with E-state index in [-0.39, 0.29) is 0 Å². The monoisotopic (exact) mass is 276 g/mol. The van der Waals surface area contributed by atoms with E-state index in [9.17, 15) is 4.79 Å². The Kier molecular flexibility index (Phi) is 8.09. The Bertz CT molecular complexity index is 257. The second kappa shape index (κ2) is 8.42. The lowest BCUT2D eigenvalue weighted by molar-refractivity contribution is -0.143. The summed E-state index contributed by atoms with van der Waals surface area (Å²) in [5.74, 6) is -0.119. The van der Waals surface area contributed by atoms with E-state index < -0.39 is 20.5 Å². The summed E-state index contributed by atoms with van der Waals surface area (Å²) in [6, 6.07) is 0. The Morgan fingerprint density at radius 1 is 1.28 bits per heavy atom. The third kappa shape index (κ3) is 4.53. The molecular formula is C12H24O5Si. The Morgan fingerprint density at radius 3 is 2.11 bits per heavy atom. The average molecular weight is 276 g/mol. The van der Waals surface area contributed by atoms with Crippen molar-refractivity contribution in [1.29, 1.82) is 0 Å². The van der Waals surface area contributed by atoms with Crippen molar-refractivity contribution in [2.75, 3.05) is 21.3 Å². The van der Waals surface area contributed by atoms with Gasteiger partial charge in [-0.25, -0.2) is 4.79 Å². The molecule has 0 aromatic carbocycles. The van der Waals surface area contributed by atoms with Crippen molar-refractivity contribution < 1.29 is 22.8 Å². The first kappa shape index (κ1) is 17.3. The van der Waals surface area contributed by atoms with Crippen LogP contribution in [-0.2, 0) is 22.8 Å². The maximum Gasteiger partial charge on any atom is 0.543 e. The quantitative estimate of drug-likeness (QED) is 0.366. The highest BCUT2D eigenvalue weighted by atomic mass is 28.4. The molecule has 2 atom stereocenters. The molecule has 0 rings (SSSR count). The molecule has 18 heavy (non-hydrogen) atoms. The summed E-state index contributed by atoms with van der Waals surface area (Å²) in [5.41, 5.74) is -0.516. The summed E-state index contributed by atoms with van der Waals surface area (Å²) < 4.78 is 21.5. The molecule has 106 valence electrons. The fourth-order valence-electron chi connectivity index (χ4n) is 1.63. The Hall–Kier alpha value is -0.693. The van der Waals surface area contributed by atoms with Gasteiger partial charge in [0, 0.05) is 27.4 Å². The average Bonchev–Trinajstić information content (AvgIpc) is 2.40. The molecule has 0 radical (unpaired) electrons. The van der Waals surface area contributed by atoms with Crippen LogP contribution in [0.3, 0.4) is 0 Å². The molecule has 0 aliphatic rings. The molecule has 0 fully saturated rings. The highest BCUT2D eigenvalue weighted by molar-refractivity contribution is 6.62. The van der Waals surface area contributed by atoms with Crippen LogP contribution in [0.15, 0.2) is 12.7 Å². The summed E-state index contributed by atoms with van der Waals surface area (Å²) in [6.07, 6.45) is 2.74. The van der Waals surface area contributed by atoms with E-state index in [1.54, 1.807) is 0 Å². The first-order valence-corrected chi connectivity index (χ1v) is 7.78. The molecule has 0 saturated carbocycles. The molecule has 5 nitrogen and oxygen atoms in total. The highest BCUT2D eigenvalue weighted by Gasteiger charge is 2.50. The summed E-state index contributed by atoms with van der Waals surface area (Å²) in [4.78, 5) is 11.4. The van der Waals surface area contributed by atoms with Gasteiger partial charge in [0.1, 0.15) is 0 Å². The lowest BCUT2D eigenvalue weighted by Gasteiger charge is -2.32. The van der Waals surface area contributed by atoms with Crippen LogP contribution in [0.25, 0.3) is 0 Å². The Labute approximate surface area is 110 Å². The Balaban J connectivity index is 5.02. The highest BCUT2D eigenvalue weighted by Crippen LogP contribution is 2.23. The molecule has 0 amide bonds. The van der Waals surface area contributed by atoms with Gasteiger partial charge in [0.2, 0.25) is 0 Å². The minimum atomic E-state index is -3.00. The number of ether oxygens (including phenoxy) is 1. The van der Waals surface area contributed by atoms with Crippen LogP contribution in [0.2, 0.25) is 0 Å². The van der Waals surface area contributed by atoms with Gasteiger partial charge in [-0.15, -0.1) is 0 Å². The van der Waals surface area contributed by atoms with E-state index in [0.717, 1.165) is 12.5 Å². The van der Waals surface area contributed by atoms with Gasteiger partial charge >= 0.3 is 14.8 Å². The second-order valence-electron chi connectivity index (χ2n) is 4.09. The molecule has 0 saturated heterocycles. The Morgan fingerprint density at radius 2 is 1.78 bits per heavy atom. The number of hydrogen-bond acceptors (Lipinski definition) is 5. The molecule has 0 aliphatic heterocycles. The van der Waals surface area contributed by atoms with E-state index >= 15 is 0 Å². The normalized spacial score (nSPS) is 14.9. The third-order valence-electron chi connectivity index (χ3n) is 2.99. The topological polar surface area (TPSA) is 54.0 Å². The lowest BCUT2D eigenvalue weighted by atomic mass is 10.1. The fraction of sp³-hybridized carbons (Fsp3) is 0.750. The fourth-order valence-corrected chi connectivity index (χ4v) is 3.87. The van der Waals surface area contributed by atoms with Gasteiger partial charge in [-0.1, -0.05) is 26.8 Å². The van der Waals surface area contributed by atoms with Gasteiger partial charge in [-0.05, 0) is 12.3 Å². The summed E-state index contributed by atoms with van der Waals surface area (Å²) in [6.45, 7) is 7.55. The van der Waals surface area contributed by atoms with Gasteiger partial charge < -0.3 is 18.0 Å². The standard InChI is InChI=1S/C12H24O5Si/c1-7-10(3)9-12(17-11(13)8-2)18(14-4,15-5)16-6/h8,10,12H,2,7,9H2,1,3-6H3. The maximum atomic E-state index is 11.4. The summed E-state index contributed by atoms with van der Waals surface area (Å²) in [7, 11) is 1.52. The van der Waals surface area contributed by atoms with Crippen LogP contribution in [-0.4, -0.2) is 41.8 Å². The van der Waals surface area contributed by atoms with Crippen LogP contribution in [0.5, 0.6) is 0 Å². The van der Waals surface area contributed by atoms with Crippen LogP contribution >= 0.6 is 0 Å². The number of rotatable bonds is 9. The zero-order valence-corrected chi connectivity index (χ0v) is 12.9. The zero-order valence-electron chi connectivity index (χ0n) is 11.9. The van der Waals surface area contributed by atoms with Crippen molar-refractivity contribution in [2.45, 2.75) is 32.4 Å². The molecule has 0 spiro atoms. The molecule has 0 aliphatic carbocycles. The molecule has 2 unspecified atom stereocenters. The lowest BCUT2D eigenvalue weighted by Crippen LogP contribution is -2.56. The summed E-state index contributed by atoms with van der Waals surface area (Å²) >= 11 is 0. The predicted molar refractivity (Wildman–Crippen MR) is 70.9 cm³/mol. The van der Waals surface area contributed by atoms with E-state index in [1.807, 2.05) is 0 Å². The van der Waals surface area contributed by atoms with Crippen LogP contribution in [0, 0.1) is 5.92 Å². The molecule has 0 heterocycles. The van der Waals surface area contributed by atoms with Crippen molar-refractivity contribution in [3.63, 3.8) is 0 Å². The first-order chi connectivity index (χ1) is 8.49. The van der Waals surface area contributed by atoms with Crippen molar-refractivity contribution in [3.8, 4) is 0 Å². The largest absolute Gasteiger partial charge is 0.543 e. The first-order valence-electron chi connectivity index (χ1n) is 5.98. The second-order valence-corrected chi connectivity index (χ2v) is 7.17. The zero-order chi connectivity index (χ0) is 14.2. The van der Waals surface area contributed by atoms with Crippen LogP contribution < -0.4 is 0 Å². The molecule has 0 bridgehead atoms. The predicted octanol–water partition coefficient (Wildman–Crippen LogP) is 1.94. The smallest absolute Gasteiger partial charge is 0.455 e. The molecular weight excluding hydrogens is 252 g/mol. The minimum Gasteiger partial charge on any atom is -0.455 e. The molecule has 0 aromatic heterocycles. The van der Waals surface area contributed by atoms with Crippen LogP contribution in [0.1, 0.15) is 26.7 Å². The number of carbonyl (C=O) groups excluding carboxylic acids is 1. The SMILES string of the molecule is C=CC(=O)OC(CC(C)CC)[Si](OC)(OC)OC. The van der Waals surface area contributed by atoms with Gasteiger partial charge in [0.15, 0.2) is 5.73 Å². The number of carbonyl (C=O) groups is 1. The van der Waals surface area contributed by atoms with Gasteiger partial charge in [-0.3, -0.25) is 0 Å². The van der Waals surface area contributed by atoms with Gasteiger partial charge in [0.25, 0.3) is 0 Å². The van der Waals surface area contributed by atoms with E-state index in [0.29, 0.717) is 12.3 Å².